The maximum atomic E-state index is 11.0. The average Bonchev–Trinajstić information content (AvgIpc) is 2.08. The lowest BCUT2D eigenvalue weighted by Gasteiger charge is -2.19. The summed E-state index contributed by atoms with van der Waals surface area (Å²) in [6, 6.07) is 0. The molecule has 0 saturated carbocycles. The summed E-state index contributed by atoms with van der Waals surface area (Å²) in [6.45, 7) is 7.24. The van der Waals surface area contributed by atoms with Gasteiger partial charge in [0.05, 0.1) is 12.4 Å². The standard InChI is InChI=1S/C10H23NO3S/c1-4-5-6-14-7-10(9(2)3)8-15(11,12)13/h9-10H,4-8H2,1-3H3,(H2,11,12,13). The van der Waals surface area contributed by atoms with Gasteiger partial charge in [-0.15, -0.1) is 0 Å². The molecular weight excluding hydrogens is 214 g/mol. The van der Waals surface area contributed by atoms with E-state index in [1.54, 1.807) is 0 Å². The van der Waals surface area contributed by atoms with Crippen LogP contribution in [-0.4, -0.2) is 27.4 Å². The third-order valence-corrected chi connectivity index (χ3v) is 3.26. The molecule has 0 spiro atoms. The van der Waals surface area contributed by atoms with E-state index in [4.69, 9.17) is 9.88 Å². The van der Waals surface area contributed by atoms with Crippen molar-refractivity contribution in [2.24, 2.45) is 17.0 Å². The van der Waals surface area contributed by atoms with Crippen LogP contribution < -0.4 is 5.14 Å². The average molecular weight is 237 g/mol. The van der Waals surface area contributed by atoms with Gasteiger partial charge >= 0.3 is 0 Å². The van der Waals surface area contributed by atoms with Crippen LogP contribution in [0.3, 0.4) is 0 Å². The third kappa shape index (κ3) is 8.84. The van der Waals surface area contributed by atoms with Crippen molar-refractivity contribution in [2.75, 3.05) is 19.0 Å². The number of sulfonamides is 1. The van der Waals surface area contributed by atoms with Crippen molar-refractivity contribution in [3.8, 4) is 0 Å². The Morgan fingerprint density at radius 2 is 1.93 bits per heavy atom. The molecule has 0 aliphatic carbocycles. The minimum Gasteiger partial charge on any atom is -0.381 e. The Balaban J connectivity index is 3.95. The fourth-order valence-electron chi connectivity index (χ4n) is 1.21. The number of nitrogens with two attached hydrogens (primary N) is 1. The van der Waals surface area contributed by atoms with Gasteiger partial charge < -0.3 is 4.74 Å². The number of ether oxygens (including phenoxy) is 1. The van der Waals surface area contributed by atoms with Crippen molar-refractivity contribution in [3.05, 3.63) is 0 Å². The molecule has 1 atom stereocenters. The van der Waals surface area contributed by atoms with Crippen LogP contribution in [0.4, 0.5) is 0 Å². The van der Waals surface area contributed by atoms with Crippen LogP contribution in [0, 0.1) is 11.8 Å². The lowest BCUT2D eigenvalue weighted by molar-refractivity contribution is 0.0887. The summed E-state index contributed by atoms with van der Waals surface area (Å²) in [5, 5.41) is 5.02. The number of hydrogen-bond donors (Lipinski definition) is 1. The molecule has 0 radical (unpaired) electrons. The molecule has 0 saturated heterocycles. The minimum atomic E-state index is -3.39. The molecule has 0 bridgehead atoms. The molecule has 0 aromatic rings. The van der Waals surface area contributed by atoms with Gasteiger partial charge in [0.1, 0.15) is 0 Å². The van der Waals surface area contributed by atoms with Gasteiger partial charge in [-0.05, 0) is 18.3 Å². The first-order valence-corrected chi connectivity index (χ1v) is 7.16. The van der Waals surface area contributed by atoms with Gasteiger partial charge in [0.15, 0.2) is 0 Å². The molecule has 0 aliphatic heterocycles. The van der Waals surface area contributed by atoms with Crippen LogP contribution in [-0.2, 0) is 14.8 Å². The molecular formula is C10H23NO3S. The quantitative estimate of drug-likeness (QED) is 0.648. The normalized spacial score (nSPS) is 14.5. The maximum Gasteiger partial charge on any atom is 0.209 e. The second-order valence-corrected chi connectivity index (χ2v) is 5.92. The first kappa shape index (κ1) is 14.9. The lowest BCUT2D eigenvalue weighted by Crippen LogP contribution is -2.29. The van der Waals surface area contributed by atoms with E-state index in [9.17, 15) is 8.42 Å². The van der Waals surface area contributed by atoms with E-state index < -0.39 is 10.0 Å². The molecule has 0 fully saturated rings. The molecule has 1 unspecified atom stereocenters. The van der Waals surface area contributed by atoms with Crippen LogP contribution in [0.15, 0.2) is 0 Å². The van der Waals surface area contributed by atoms with Crippen LogP contribution in [0.25, 0.3) is 0 Å². The second kappa shape index (κ2) is 7.19. The Morgan fingerprint density at radius 1 is 1.33 bits per heavy atom. The Labute approximate surface area is 93.2 Å². The number of hydrogen-bond acceptors (Lipinski definition) is 3. The van der Waals surface area contributed by atoms with E-state index in [0.717, 1.165) is 12.8 Å². The highest BCUT2D eigenvalue weighted by atomic mass is 32.2. The molecule has 15 heavy (non-hydrogen) atoms. The largest absolute Gasteiger partial charge is 0.381 e. The number of unbranched alkanes of at least 4 members (excludes halogenated alkanes) is 1. The molecule has 92 valence electrons. The molecule has 0 aliphatic rings. The molecule has 0 amide bonds. The van der Waals surface area contributed by atoms with Gasteiger partial charge in [-0.2, -0.15) is 0 Å². The van der Waals surface area contributed by atoms with Gasteiger partial charge in [-0.1, -0.05) is 27.2 Å². The Hall–Kier alpha value is -0.130. The smallest absolute Gasteiger partial charge is 0.209 e. The highest BCUT2D eigenvalue weighted by molar-refractivity contribution is 7.89. The third-order valence-electron chi connectivity index (χ3n) is 2.36. The Kier molecular flexibility index (Phi) is 7.13. The van der Waals surface area contributed by atoms with Crippen molar-refractivity contribution in [3.63, 3.8) is 0 Å². The van der Waals surface area contributed by atoms with Gasteiger partial charge in [0.25, 0.3) is 0 Å². The summed E-state index contributed by atoms with van der Waals surface area (Å²) in [7, 11) is -3.39. The summed E-state index contributed by atoms with van der Waals surface area (Å²) >= 11 is 0. The summed E-state index contributed by atoms with van der Waals surface area (Å²) in [4.78, 5) is 0. The zero-order valence-electron chi connectivity index (χ0n) is 9.90. The summed E-state index contributed by atoms with van der Waals surface area (Å²) in [5.41, 5.74) is 0. The van der Waals surface area contributed by atoms with E-state index >= 15 is 0 Å². The summed E-state index contributed by atoms with van der Waals surface area (Å²) in [6.07, 6.45) is 2.10. The number of primary sulfonamides is 1. The molecule has 0 heterocycles. The molecule has 0 aromatic heterocycles. The zero-order chi connectivity index (χ0) is 11.9. The van der Waals surface area contributed by atoms with Crippen molar-refractivity contribution in [2.45, 2.75) is 33.6 Å². The van der Waals surface area contributed by atoms with Crippen LogP contribution in [0.1, 0.15) is 33.6 Å². The fraction of sp³-hybridized carbons (Fsp3) is 1.00. The Bertz CT molecular complexity index is 249. The minimum absolute atomic E-state index is 0.00291. The lowest BCUT2D eigenvalue weighted by atomic mass is 9.99. The topological polar surface area (TPSA) is 69.4 Å². The second-order valence-electron chi connectivity index (χ2n) is 4.26. The maximum absolute atomic E-state index is 11.0. The van der Waals surface area contributed by atoms with Gasteiger partial charge in [0.2, 0.25) is 10.0 Å². The predicted molar refractivity (Wildman–Crippen MR) is 62.0 cm³/mol. The van der Waals surface area contributed by atoms with Crippen LogP contribution >= 0.6 is 0 Å². The Morgan fingerprint density at radius 3 is 2.33 bits per heavy atom. The van der Waals surface area contributed by atoms with E-state index in [2.05, 4.69) is 6.92 Å². The van der Waals surface area contributed by atoms with Crippen molar-refractivity contribution in [1.82, 2.24) is 0 Å². The van der Waals surface area contributed by atoms with Gasteiger partial charge in [-0.3, -0.25) is 0 Å². The van der Waals surface area contributed by atoms with Crippen LogP contribution in [0.2, 0.25) is 0 Å². The molecule has 0 aromatic carbocycles. The number of rotatable bonds is 8. The van der Waals surface area contributed by atoms with Crippen molar-refractivity contribution < 1.29 is 13.2 Å². The van der Waals surface area contributed by atoms with Crippen molar-refractivity contribution in [1.29, 1.82) is 0 Å². The first-order chi connectivity index (χ1) is 6.87. The highest BCUT2D eigenvalue weighted by Gasteiger charge is 2.19. The first-order valence-electron chi connectivity index (χ1n) is 5.45. The molecule has 2 N–H and O–H groups in total. The van der Waals surface area contributed by atoms with E-state index in [1.165, 1.54) is 0 Å². The van der Waals surface area contributed by atoms with E-state index in [-0.39, 0.29) is 17.6 Å². The SMILES string of the molecule is CCCCOCC(CS(N)(=O)=O)C(C)C. The molecule has 5 heteroatoms. The fourth-order valence-corrected chi connectivity index (χ4v) is 2.29. The predicted octanol–water partition coefficient (Wildman–Crippen LogP) is 1.36. The van der Waals surface area contributed by atoms with Gasteiger partial charge in [-0.25, -0.2) is 13.6 Å². The monoisotopic (exact) mass is 237 g/mol. The van der Waals surface area contributed by atoms with Gasteiger partial charge in [0, 0.05) is 6.61 Å². The molecule has 4 nitrogen and oxygen atoms in total. The van der Waals surface area contributed by atoms with E-state index in [1.807, 2.05) is 13.8 Å². The summed E-state index contributed by atoms with van der Waals surface area (Å²) in [5.74, 6) is 0.276. The van der Waals surface area contributed by atoms with Crippen molar-refractivity contribution >= 4 is 10.0 Å². The van der Waals surface area contributed by atoms with Crippen LogP contribution in [0.5, 0.6) is 0 Å². The molecule has 0 rings (SSSR count). The zero-order valence-corrected chi connectivity index (χ0v) is 10.7. The van der Waals surface area contributed by atoms with E-state index in [0.29, 0.717) is 13.2 Å². The highest BCUT2D eigenvalue weighted by Crippen LogP contribution is 2.13. The summed E-state index contributed by atoms with van der Waals surface area (Å²) < 4.78 is 27.3.